The lowest BCUT2D eigenvalue weighted by Gasteiger charge is -2.26. The molecule has 41 heavy (non-hydrogen) atoms. The number of aromatic amines is 1. The molecule has 2 N–H and O–H groups in total. The number of nitrogens with one attached hydrogen (secondary N) is 2. The van der Waals surface area contributed by atoms with Crippen molar-refractivity contribution < 1.29 is 17.9 Å². The van der Waals surface area contributed by atoms with Crippen molar-refractivity contribution in [3.05, 3.63) is 69.5 Å². The van der Waals surface area contributed by atoms with Gasteiger partial charge in [0.05, 0.1) is 22.8 Å². The molecule has 3 aromatic rings. The second-order valence-corrected chi connectivity index (χ2v) is 14.2. The second-order valence-electron chi connectivity index (χ2n) is 12.2. The minimum atomic E-state index is -3.35. The number of aromatic nitrogens is 2. The Hall–Kier alpha value is -3.33. The van der Waals surface area contributed by atoms with E-state index < -0.39 is 9.84 Å². The summed E-state index contributed by atoms with van der Waals surface area (Å²) in [6.07, 6.45) is 7.29. The zero-order valence-corrected chi connectivity index (χ0v) is 25.9. The van der Waals surface area contributed by atoms with Crippen LogP contribution in [-0.4, -0.2) is 37.0 Å². The zero-order chi connectivity index (χ0) is 29.9. The molecule has 1 heterocycles. The van der Waals surface area contributed by atoms with Crippen LogP contribution in [0.15, 0.2) is 52.2 Å². The van der Waals surface area contributed by atoms with Crippen molar-refractivity contribution >= 4 is 21.6 Å². The summed E-state index contributed by atoms with van der Waals surface area (Å²) < 4.78 is 31.1. The number of sulfone groups is 1. The molecule has 1 fully saturated rings. The van der Waals surface area contributed by atoms with Crippen molar-refractivity contribution in [1.29, 1.82) is 0 Å². The first-order valence-corrected chi connectivity index (χ1v) is 16.4. The summed E-state index contributed by atoms with van der Waals surface area (Å²) >= 11 is 0. The molecule has 1 aliphatic carbocycles. The number of rotatable bonds is 11. The Morgan fingerprint density at radius 3 is 2.41 bits per heavy atom. The third-order valence-corrected chi connectivity index (χ3v) is 9.57. The van der Waals surface area contributed by atoms with E-state index in [9.17, 15) is 18.0 Å². The van der Waals surface area contributed by atoms with Crippen LogP contribution in [0.1, 0.15) is 88.8 Å². The summed E-state index contributed by atoms with van der Waals surface area (Å²) in [6.45, 7) is 10.8. The van der Waals surface area contributed by atoms with Gasteiger partial charge in [-0.3, -0.25) is 14.7 Å². The predicted molar refractivity (Wildman–Crippen MR) is 163 cm³/mol. The quantitative estimate of drug-likeness (QED) is 0.277. The predicted octanol–water partition coefficient (Wildman–Crippen LogP) is 6.27. The van der Waals surface area contributed by atoms with Gasteiger partial charge in [0.15, 0.2) is 9.84 Å². The van der Waals surface area contributed by atoms with Crippen molar-refractivity contribution in [3.63, 3.8) is 0 Å². The third kappa shape index (κ3) is 7.12. The van der Waals surface area contributed by atoms with Crippen LogP contribution in [0.4, 0.5) is 5.82 Å². The van der Waals surface area contributed by atoms with Gasteiger partial charge in [0.2, 0.25) is 5.91 Å². The molecule has 1 saturated carbocycles. The van der Waals surface area contributed by atoms with Crippen LogP contribution in [-0.2, 0) is 20.0 Å². The van der Waals surface area contributed by atoms with Crippen LogP contribution in [0.3, 0.4) is 0 Å². The number of H-pyrrole nitrogens is 1. The van der Waals surface area contributed by atoms with Gasteiger partial charge >= 0.3 is 0 Å². The zero-order valence-electron chi connectivity index (χ0n) is 25.0. The molecule has 1 aliphatic rings. The van der Waals surface area contributed by atoms with Crippen LogP contribution in [0, 0.1) is 12.8 Å². The number of amides is 1. The molecule has 1 unspecified atom stereocenters. The summed E-state index contributed by atoms with van der Waals surface area (Å²) in [5.41, 5.74) is 3.25. The number of nitrogens with zero attached hydrogens (tertiary/aromatic N) is 1. The van der Waals surface area contributed by atoms with E-state index in [0.29, 0.717) is 29.6 Å². The molecule has 1 atom stereocenters. The van der Waals surface area contributed by atoms with Crippen LogP contribution in [0.25, 0.3) is 5.69 Å². The maximum absolute atomic E-state index is 12.9. The molecule has 4 rings (SSSR count). The minimum absolute atomic E-state index is 0.0455. The van der Waals surface area contributed by atoms with Crippen molar-refractivity contribution in [2.45, 2.75) is 89.4 Å². The van der Waals surface area contributed by atoms with Crippen molar-refractivity contribution in [2.24, 2.45) is 5.92 Å². The third-order valence-electron chi connectivity index (χ3n) is 8.44. The number of benzene rings is 2. The Bertz CT molecular complexity index is 1540. The maximum Gasteiger partial charge on any atom is 0.276 e. The van der Waals surface area contributed by atoms with Gasteiger partial charge in [-0.2, -0.15) is 0 Å². The second kappa shape index (κ2) is 12.3. The van der Waals surface area contributed by atoms with Crippen LogP contribution in [0.5, 0.6) is 5.75 Å². The highest BCUT2D eigenvalue weighted by Gasteiger charge is 2.25. The van der Waals surface area contributed by atoms with E-state index in [1.54, 1.807) is 19.1 Å². The summed E-state index contributed by atoms with van der Waals surface area (Å²) in [6, 6.07) is 12.6. The van der Waals surface area contributed by atoms with Crippen LogP contribution in [0.2, 0.25) is 0 Å². The number of hydrogen-bond acceptors (Lipinski definition) is 5. The Morgan fingerprint density at radius 1 is 1.15 bits per heavy atom. The number of carbonyl (C=O) groups excluding carboxylic acids is 1. The van der Waals surface area contributed by atoms with Crippen LogP contribution >= 0.6 is 0 Å². The normalized spacial score (nSPS) is 15.2. The highest BCUT2D eigenvalue weighted by Crippen LogP contribution is 2.41. The average molecular weight is 582 g/mol. The number of ether oxygens (including phenoxy) is 1. The topological polar surface area (TPSA) is 110 Å². The fourth-order valence-electron chi connectivity index (χ4n) is 5.33. The van der Waals surface area contributed by atoms with Crippen molar-refractivity contribution in [1.82, 2.24) is 9.78 Å². The molecule has 9 heteroatoms. The monoisotopic (exact) mass is 581 g/mol. The summed E-state index contributed by atoms with van der Waals surface area (Å²) in [5.74, 6) is 1.48. The molecular weight excluding hydrogens is 538 g/mol. The van der Waals surface area contributed by atoms with Gasteiger partial charge < -0.3 is 10.1 Å². The summed E-state index contributed by atoms with van der Waals surface area (Å²) in [7, 11) is -3.35. The molecule has 0 radical (unpaired) electrons. The molecule has 0 bridgehead atoms. The number of hydrogen-bond donors (Lipinski definition) is 2. The van der Waals surface area contributed by atoms with Gasteiger partial charge in [0, 0.05) is 12.7 Å². The first kappa shape index (κ1) is 30.6. The van der Waals surface area contributed by atoms with E-state index in [1.807, 2.05) is 6.92 Å². The van der Waals surface area contributed by atoms with E-state index in [-0.39, 0.29) is 34.1 Å². The fourth-order valence-corrected chi connectivity index (χ4v) is 5.96. The van der Waals surface area contributed by atoms with Crippen LogP contribution < -0.4 is 15.6 Å². The highest BCUT2D eigenvalue weighted by molar-refractivity contribution is 7.90. The molecule has 0 spiro atoms. The summed E-state index contributed by atoms with van der Waals surface area (Å²) in [5, 5.41) is 5.76. The van der Waals surface area contributed by atoms with Crippen molar-refractivity contribution in [2.75, 3.05) is 18.2 Å². The van der Waals surface area contributed by atoms with Gasteiger partial charge in [-0.05, 0) is 84.9 Å². The lowest BCUT2D eigenvalue weighted by atomic mass is 9.80. The molecule has 0 aliphatic heterocycles. The maximum atomic E-state index is 12.9. The first-order valence-electron chi connectivity index (χ1n) is 14.5. The molecule has 0 saturated heterocycles. The molecule has 1 aromatic heterocycles. The van der Waals surface area contributed by atoms with Gasteiger partial charge in [0.25, 0.3) is 5.56 Å². The molecular formula is C32H43N3O5S. The SMILES string of the molecule is CCC(C)(C)c1ccc(OCC(C)CC(=O)Nc2[nH]n(-c3ccc(S(C)(=O)=O)cc3)c(=O)c2C)c(C2CCCC2)c1. The minimum Gasteiger partial charge on any atom is -0.493 e. The van der Waals surface area contributed by atoms with Gasteiger partial charge in [-0.25, -0.2) is 13.1 Å². The number of carbonyl (C=O) groups is 1. The lowest BCUT2D eigenvalue weighted by molar-refractivity contribution is -0.117. The molecule has 1 amide bonds. The Balaban J connectivity index is 1.41. The Morgan fingerprint density at radius 2 is 1.80 bits per heavy atom. The fraction of sp³-hybridized carbons (Fsp3) is 0.500. The first-order chi connectivity index (χ1) is 19.3. The lowest BCUT2D eigenvalue weighted by Crippen LogP contribution is -2.20. The van der Waals surface area contributed by atoms with Gasteiger partial charge in [-0.1, -0.05) is 52.7 Å². The Kier molecular flexibility index (Phi) is 9.16. The van der Waals surface area contributed by atoms with Gasteiger partial charge in [-0.15, -0.1) is 0 Å². The number of anilines is 1. The highest BCUT2D eigenvalue weighted by atomic mass is 32.2. The van der Waals surface area contributed by atoms with E-state index in [2.05, 4.69) is 49.4 Å². The van der Waals surface area contributed by atoms with E-state index >= 15 is 0 Å². The van der Waals surface area contributed by atoms with Crippen molar-refractivity contribution in [3.8, 4) is 11.4 Å². The van der Waals surface area contributed by atoms with Gasteiger partial charge in [0.1, 0.15) is 11.6 Å². The van der Waals surface area contributed by atoms with E-state index in [4.69, 9.17) is 4.74 Å². The molecule has 8 nitrogen and oxygen atoms in total. The standard InChI is InChI=1S/C32H43N3O5S/c1-7-32(4,5)24-12-17-28(27(19-24)23-10-8-9-11-23)40-20-21(2)18-29(36)33-30-22(3)31(37)35(34-30)25-13-15-26(16-14-25)41(6,38)39/h12-17,19,21,23,34H,7-11,18,20H2,1-6H3,(H,33,36). The smallest absolute Gasteiger partial charge is 0.276 e. The van der Waals surface area contributed by atoms with E-state index in [0.717, 1.165) is 18.4 Å². The van der Waals surface area contributed by atoms with E-state index in [1.165, 1.54) is 53.6 Å². The molecule has 222 valence electrons. The largest absolute Gasteiger partial charge is 0.493 e. The molecule has 2 aromatic carbocycles. The Labute approximate surface area is 243 Å². The summed E-state index contributed by atoms with van der Waals surface area (Å²) in [4.78, 5) is 25.9. The average Bonchev–Trinajstić information content (AvgIpc) is 3.56.